The van der Waals surface area contributed by atoms with Gasteiger partial charge in [0.2, 0.25) is 0 Å². The van der Waals surface area contributed by atoms with Crippen LogP contribution in [0.15, 0.2) is 23.0 Å². The molecule has 2 aromatic heterocycles. The molecule has 16 heavy (non-hydrogen) atoms. The van der Waals surface area contributed by atoms with Crippen molar-refractivity contribution in [1.82, 2.24) is 4.98 Å². The fraction of sp³-hybridized carbons (Fsp3) is 0.100. The third-order valence-electron chi connectivity index (χ3n) is 1.92. The number of carboxylic acid groups (broad SMARTS) is 1. The van der Waals surface area contributed by atoms with Crippen LogP contribution in [0.4, 0.5) is 0 Å². The number of carboxylic acids is 1. The lowest BCUT2D eigenvalue weighted by molar-refractivity contribution is 0.0687. The maximum atomic E-state index is 11.2. The summed E-state index contributed by atoms with van der Waals surface area (Å²) in [5, 5.41) is 9.36. The SMILES string of the molecule is CC(=O)c1sc(-c2ccoc2)nc1C(=O)O. The van der Waals surface area contributed by atoms with Crippen molar-refractivity contribution in [1.29, 1.82) is 0 Å². The van der Waals surface area contributed by atoms with Gasteiger partial charge in [-0.25, -0.2) is 9.78 Å². The molecule has 0 aliphatic carbocycles. The number of nitrogens with zero attached hydrogens (tertiary/aromatic N) is 1. The lowest BCUT2D eigenvalue weighted by Gasteiger charge is -1.89. The third kappa shape index (κ3) is 1.74. The number of rotatable bonds is 3. The number of Topliss-reactive ketones (excluding diaryl/α,β-unsaturated/α-hetero) is 1. The minimum absolute atomic E-state index is 0.156. The maximum Gasteiger partial charge on any atom is 0.356 e. The summed E-state index contributed by atoms with van der Waals surface area (Å²) in [6, 6.07) is 1.66. The first-order valence-corrected chi connectivity index (χ1v) is 5.19. The van der Waals surface area contributed by atoms with Gasteiger partial charge in [-0.1, -0.05) is 0 Å². The summed E-state index contributed by atoms with van der Waals surface area (Å²) in [6.07, 6.45) is 2.92. The molecule has 0 fully saturated rings. The predicted molar refractivity (Wildman–Crippen MR) is 56.8 cm³/mol. The molecule has 0 saturated heterocycles. The maximum absolute atomic E-state index is 11.2. The molecule has 82 valence electrons. The van der Waals surface area contributed by atoms with Crippen molar-refractivity contribution in [3.05, 3.63) is 29.2 Å². The summed E-state index contributed by atoms with van der Waals surface area (Å²) in [5.74, 6) is -1.50. The van der Waals surface area contributed by atoms with Crippen molar-refractivity contribution in [2.75, 3.05) is 0 Å². The van der Waals surface area contributed by atoms with E-state index < -0.39 is 5.97 Å². The molecule has 1 N–H and O–H groups in total. The van der Waals surface area contributed by atoms with Gasteiger partial charge in [0.25, 0.3) is 0 Å². The zero-order valence-corrected chi connectivity index (χ0v) is 9.08. The number of aromatic carboxylic acids is 1. The highest BCUT2D eigenvalue weighted by atomic mass is 32.1. The zero-order chi connectivity index (χ0) is 11.7. The van der Waals surface area contributed by atoms with Crippen molar-refractivity contribution in [2.24, 2.45) is 0 Å². The van der Waals surface area contributed by atoms with Gasteiger partial charge in [0.1, 0.15) is 16.1 Å². The van der Waals surface area contributed by atoms with E-state index >= 15 is 0 Å². The minimum Gasteiger partial charge on any atom is -0.476 e. The summed E-state index contributed by atoms with van der Waals surface area (Å²) < 4.78 is 4.87. The average molecular weight is 237 g/mol. The first-order valence-electron chi connectivity index (χ1n) is 4.37. The Morgan fingerprint density at radius 3 is 2.69 bits per heavy atom. The lowest BCUT2D eigenvalue weighted by Crippen LogP contribution is -2.03. The quantitative estimate of drug-likeness (QED) is 0.828. The summed E-state index contributed by atoms with van der Waals surface area (Å²) in [7, 11) is 0. The number of carbonyl (C=O) groups excluding carboxylic acids is 1. The molecule has 0 aromatic carbocycles. The number of ketones is 1. The summed E-state index contributed by atoms with van der Waals surface area (Å²) >= 11 is 1.05. The molecule has 0 radical (unpaired) electrons. The van der Waals surface area contributed by atoms with Crippen LogP contribution in [0.5, 0.6) is 0 Å². The van der Waals surface area contributed by atoms with Gasteiger partial charge in [0.05, 0.1) is 6.26 Å². The van der Waals surface area contributed by atoms with E-state index in [-0.39, 0.29) is 16.4 Å². The van der Waals surface area contributed by atoms with E-state index in [1.807, 2.05) is 0 Å². The van der Waals surface area contributed by atoms with Gasteiger partial charge >= 0.3 is 5.97 Å². The molecule has 5 nitrogen and oxygen atoms in total. The Morgan fingerprint density at radius 1 is 1.50 bits per heavy atom. The van der Waals surface area contributed by atoms with Crippen LogP contribution in [0.3, 0.4) is 0 Å². The van der Waals surface area contributed by atoms with Crippen LogP contribution in [0, 0.1) is 0 Å². The Bertz CT molecular complexity index is 510. The number of furan rings is 1. The van der Waals surface area contributed by atoms with Gasteiger partial charge < -0.3 is 9.52 Å². The largest absolute Gasteiger partial charge is 0.476 e. The fourth-order valence-electron chi connectivity index (χ4n) is 1.21. The second-order valence-corrected chi connectivity index (χ2v) is 4.07. The molecule has 0 aliphatic heterocycles. The van der Waals surface area contributed by atoms with Crippen LogP contribution in [0.2, 0.25) is 0 Å². The number of hydrogen-bond acceptors (Lipinski definition) is 5. The minimum atomic E-state index is -1.20. The predicted octanol–water partition coefficient (Wildman–Crippen LogP) is 2.30. The second kappa shape index (κ2) is 3.90. The fourth-order valence-corrected chi connectivity index (χ4v) is 2.15. The Labute approximate surface area is 94.4 Å². The van der Waals surface area contributed by atoms with Crippen molar-refractivity contribution in [3.8, 4) is 10.6 Å². The topological polar surface area (TPSA) is 80.4 Å². The van der Waals surface area contributed by atoms with Gasteiger partial charge in [0, 0.05) is 12.5 Å². The Kier molecular flexibility index (Phi) is 2.57. The van der Waals surface area contributed by atoms with E-state index in [0.717, 1.165) is 11.3 Å². The molecular weight excluding hydrogens is 230 g/mol. The standard InChI is InChI=1S/C10H7NO4S/c1-5(12)8-7(10(13)14)11-9(16-8)6-2-3-15-4-6/h2-4H,1H3,(H,13,14). The van der Waals surface area contributed by atoms with Crippen molar-refractivity contribution < 1.29 is 19.1 Å². The Hall–Kier alpha value is -1.95. The molecule has 0 aliphatic rings. The van der Waals surface area contributed by atoms with E-state index in [2.05, 4.69) is 4.98 Å². The molecule has 0 spiro atoms. The van der Waals surface area contributed by atoms with E-state index in [4.69, 9.17) is 9.52 Å². The number of thiazole rings is 1. The van der Waals surface area contributed by atoms with Gasteiger partial charge in [-0.3, -0.25) is 4.79 Å². The second-order valence-electron chi connectivity index (χ2n) is 3.07. The molecule has 0 bridgehead atoms. The molecule has 2 aromatic rings. The molecule has 2 rings (SSSR count). The third-order valence-corrected chi connectivity index (χ3v) is 3.12. The van der Waals surface area contributed by atoms with Crippen molar-refractivity contribution >= 4 is 23.1 Å². The molecule has 0 atom stereocenters. The van der Waals surface area contributed by atoms with Crippen molar-refractivity contribution in [3.63, 3.8) is 0 Å². The number of hydrogen-bond donors (Lipinski definition) is 1. The van der Waals surface area contributed by atoms with E-state index in [0.29, 0.717) is 10.6 Å². The van der Waals surface area contributed by atoms with E-state index in [9.17, 15) is 9.59 Å². The van der Waals surface area contributed by atoms with Crippen LogP contribution in [0.25, 0.3) is 10.6 Å². The first kappa shape index (κ1) is 10.6. The van der Waals surface area contributed by atoms with Gasteiger partial charge in [-0.05, 0) is 6.07 Å². The summed E-state index contributed by atoms with van der Waals surface area (Å²) in [4.78, 5) is 26.2. The van der Waals surface area contributed by atoms with Crippen LogP contribution in [0.1, 0.15) is 27.1 Å². The molecule has 0 amide bonds. The molecule has 0 unspecified atom stereocenters. The molecular formula is C10H7NO4S. The molecule has 2 heterocycles. The van der Waals surface area contributed by atoms with Gasteiger partial charge in [0.15, 0.2) is 11.5 Å². The van der Waals surface area contributed by atoms with Gasteiger partial charge in [-0.2, -0.15) is 0 Å². The lowest BCUT2D eigenvalue weighted by atomic mass is 10.3. The Balaban J connectivity index is 2.55. The average Bonchev–Trinajstić information content (AvgIpc) is 2.86. The van der Waals surface area contributed by atoms with Gasteiger partial charge in [-0.15, -0.1) is 11.3 Å². The highest BCUT2D eigenvalue weighted by Crippen LogP contribution is 2.28. The van der Waals surface area contributed by atoms with Crippen LogP contribution >= 0.6 is 11.3 Å². The first-order chi connectivity index (χ1) is 7.59. The van der Waals surface area contributed by atoms with E-state index in [1.54, 1.807) is 6.07 Å². The van der Waals surface area contributed by atoms with E-state index in [1.165, 1.54) is 19.5 Å². The van der Waals surface area contributed by atoms with Crippen LogP contribution < -0.4 is 0 Å². The van der Waals surface area contributed by atoms with Crippen LogP contribution in [-0.4, -0.2) is 21.8 Å². The smallest absolute Gasteiger partial charge is 0.356 e. The molecule has 6 heteroatoms. The Morgan fingerprint density at radius 2 is 2.25 bits per heavy atom. The highest BCUT2D eigenvalue weighted by Gasteiger charge is 2.21. The highest BCUT2D eigenvalue weighted by molar-refractivity contribution is 7.17. The van der Waals surface area contributed by atoms with Crippen LogP contribution in [-0.2, 0) is 0 Å². The molecule has 0 saturated carbocycles. The summed E-state index contributed by atoms with van der Waals surface area (Å²) in [6.45, 7) is 1.32. The van der Waals surface area contributed by atoms with Crippen molar-refractivity contribution in [2.45, 2.75) is 6.92 Å². The summed E-state index contributed by atoms with van der Waals surface area (Å²) in [5.41, 5.74) is 0.466. The zero-order valence-electron chi connectivity index (χ0n) is 8.26. The monoisotopic (exact) mass is 237 g/mol. The normalized spacial score (nSPS) is 10.3. The number of carbonyl (C=O) groups is 2. The number of aromatic nitrogens is 1.